The van der Waals surface area contributed by atoms with Gasteiger partial charge in [0.05, 0.1) is 7.11 Å². The molecule has 0 fully saturated rings. The molecule has 0 aliphatic rings. The highest BCUT2D eigenvalue weighted by Crippen LogP contribution is 2.33. The van der Waals surface area contributed by atoms with Gasteiger partial charge in [0.25, 0.3) is 0 Å². The second kappa shape index (κ2) is 7.16. The van der Waals surface area contributed by atoms with Gasteiger partial charge in [0.15, 0.2) is 6.04 Å². The number of carbonyl (C=O) groups is 2. The van der Waals surface area contributed by atoms with E-state index in [1.165, 1.54) is 12.1 Å². The highest BCUT2D eigenvalue weighted by atomic mass is 35.5. The summed E-state index contributed by atoms with van der Waals surface area (Å²) in [6.45, 7) is -0.632. The smallest absolute Gasteiger partial charge is 0.412 e. The summed E-state index contributed by atoms with van der Waals surface area (Å²) in [4.78, 5) is 22.2. The van der Waals surface area contributed by atoms with Crippen molar-refractivity contribution >= 4 is 23.6 Å². The maximum Gasteiger partial charge on any atom is 0.412 e. The first-order valence-electron chi connectivity index (χ1n) is 5.67. The molecule has 21 heavy (non-hydrogen) atoms. The molecule has 1 rings (SSSR count). The molecule has 0 heterocycles. The van der Waals surface area contributed by atoms with Crippen molar-refractivity contribution < 1.29 is 27.5 Å². The van der Waals surface area contributed by atoms with Crippen LogP contribution in [0.15, 0.2) is 24.3 Å². The SMILES string of the molecule is COC(=O)NCC(=O)NC(c1ccc(Cl)cc1)C(F)(F)F. The fraction of sp³-hybridized carbons (Fsp3) is 0.333. The van der Waals surface area contributed by atoms with E-state index in [9.17, 15) is 22.8 Å². The largest absolute Gasteiger partial charge is 0.453 e. The zero-order valence-electron chi connectivity index (χ0n) is 10.8. The number of amides is 2. The molecule has 9 heteroatoms. The first-order valence-corrected chi connectivity index (χ1v) is 6.05. The van der Waals surface area contributed by atoms with E-state index >= 15 is 0 Å². The van der Waals surface area contributed by atoms with Crippen LogP contribution in [-0.4, -0.2) is 31.8 Å². The maximum atomic E-state index is 13.0. The second-order valence-electron chi connectivity index (χ2n) is 3.94. The number of halogens is 4. The Bertz CT molecular complexity index is 505. The van der Waals surface area contributed by atoms with Crippen molar-refractivity contribution in [1.29, 1.82) is 0 Å². The first-order chi connectivity index (χ1) is 9.74. The van der Waals surface area contributed by atoms with Gasteiger partial charge in [0.2, 0.25) is 5.91 Å². The normalized spacial score (nSPS) is 12.4. The van der Waals surface area contributed by atoms with Gasteiger partial charge in [-0.05, 0) is 17.7 Å². The molecule has 0 bridgehead atoms. The van der Waals surface area contributed by atoms with Gasteiger partial charge in [-0.3, -0.25) is 4.79 Å². The summed E-state index contributed by atoms with van der Waals surface area (Å²) in [7, 11) is 1.07. The minimum atomic E-state index is -4.69. The van der Waals surface area contributed by atoms with Crippen molar-refractivity contribution in [2.75, 3.05) is 13.7 Å². The van der Waals surface area contributed by atoms with Crippen molar-refractivity contribution in [2.45, 2.75) is 12.2 Å². The van der Waals surface area contributed by atoms with E-state index in [4.69, 9.17) is 11.6 Å². The number of ether oxygens (including phenoxy) is 1. The van der Waals surface area contributed by atoms with Gasteiger partial charge in [-0.25, -0.2) is 4.79 Å². The van der Waals surface area contributed by atoms with Crippen LogP contribution in [0.5, 0.6) is 0 Å². The quantitative estimate of drug-likeness (QED) is 0.893. The zero-order valence-corrected chi connectivity index (χ0v) is 11.6. The second-order valence-corrected chi connectivity index (χ2v) is 4.38. The molecule has 0 aromatic heterocycles. The lowest BCUT2D eigenvalue weighted by atomic mass is 10.1. The highest BCUT2D eigenvalue weighted by Gasteiger charge is 2.41. The summed E-state index contributed by atoms with van der Waals surface area (Å²) < 4.78 is 43.1. The Kier molecular flexibility index (Phi) is 5.83. The van der Waals surface area contributed by atoms with Crippen LogP contribution in [0.4, 0.5) is 18.0 Å². The van der Waals surface area contributed by atoms with Crippen LogP contribution in [0.25, 0.3) is 0 Å². The molecule has 5 nitrogen and oxygen atoms in total. The van der Waals surface area contributed by atoms with E-state index in [1.54, 1.807) is 5.32 Å². The molecule has 1 unspecified atom stereocenters. The standard InChI is InChI=1S/C12H12ClF3N2O3/c1-21-11(20)17-6-9(19)18-10(12(14,15)16)7-2-4-8(13)5-3-7/h2-5,10H,6H2,1H3,(H,17,20)(H,18,19). The van der Waals surface area contributed by atoms with E-state index in [1.807, 2.05) is 5.32 Å². The lowest BCUT2D eigenvalue weighted by molar-refractivity contribution is -0.163. The fourth-order valence-electron chi connectivity index (χ4n) is 1.45. The van der Waals surface area contributed by atoms with Gasteiger partial charge in [0, 0.05) is 5.02 Å². The number of rotatable bonds is 4. The van der Waals surface area contributed by atoms with E-state index in [0.717, 1.165) is 19.2 Å². The van der Waals surface area contributed by atoms with E-state index in [2.05, 4.69) is 4.74 Å². The number of carbonyl (C=O) groups excluding carboxylic acids is 2. The van der Waals surface area contributed by atoms with Crippen molar-refractivity contribution in [1.82, 2.24) is 10.6 Å². The zero-order chi connectivity index (χ0) is 16.0. The number of nitrogens with one attached hydrogen (secondary N) is 2. The number of methoxy groups -OCH3 is 1. The molecule has 2 N–H and O–H groups in total. The Morgan fingerprint density at radius 3 is 2.33 bits per heavy atom. The molecule has 0 spiro atoms. The van der Waals surface area contributed by atoms with Gasteiger partial charge < -0.3 is 15.4 Å². The van der Waals surface area contributed by atoms with Gasteiger partial charge in [0.1, 0.15) is 6.54 Å². The lowest BCUT2D eigenvalue weighted by Crippen LogP contribution is -2.43. The minimum absolute atomic E-state index is 0.168. The molecule has 1 aromatic carbocycles. The molecule has 0 aliphatic heterocycles. The van der Waals surface area contributed by atoms with Crippen LogP contribution < -0.4 is 10.6 Å². The Balaban J connectivity index is 2.78. The van der Waals surface area contributed by atoms with Crippen LogP contribution in [0.2, 0.25) is 5.02 Å². The summed E-state index contributed by atoms with van der Waals surface area (Å²) in [6.07, 6.45) is -5.60. The van der Waals surface area contributed by atoms with Crippen LogP contribution >= 0.6 is 11.6 Å². The average molecular weight is 325 g/mol. The fourth-order valence-corrected chi connectivity index (χ4v) is 1.57. The summed E-state index contributed by atoms with van der Waals surface area (Å²) in [5, 5.41) is 4.06. The van der Waals surface area contributed by atoms with Gasteiger partial charge in [-0.15, -0.1) is 0 Å². The molecule has 1 atom stereocenters. The molecule has 0 saturated carbocycles. The van der Waals surface area contributed by atoms with Gasteiger partial charge >= 0.3 is 12.3 Å². The predicted molar refractivity (Wildman–Crippen MR) is 68.8 cm³/mol. The van der Waals surface area contributed by atoms with Gasteiger partial charge in [-0.1, -0.05) is 23.7 Å². The third kappa shape index (κ3) is 5.50. The summed E-state index contributed by atoms with van der Waals surface area (Å²) in [5.74, 6) is -1.00. The Labute approximate surface area is 123 Å². The van der Waals surface area contributed by atoms with Crippen LogP contribution in [-0.2, 0) is 9.53 Å². The van der Waals surface area contributed by atoms with E-state index in [0.29, 0.717) is 0 Å². The van der Waals surface area contributed by atoms with Crippen molar-refractivity contribution in [3.8, 4) is 0 Å². The van der Waals surface area contributed by atoms with Gasteiger partial charge in [-0.2, -0.15) is 13.2 Å². The molecule has 1 aromatic rings. The molecule has 0 radical (unpaired) electrons. The lowest BCUT2D eigenvalue weighted by Gasteiger charge is -2.22. The Morgan fingerprint density at radius 2 is 1.86 bits per heavy atom. The third-order valence-electron chi connectivity index (χ3n) is 2.41. The molecular weight excluding hydrogens is 313 g/mol. The Hall–Kier alpha value is -1.96. The maximum absolute atomic E-state index is 13.0. The van der Waals surface area contributed by atoms with Crippen molar-refractivity contribution in [3.05, 3.63) is 34.9 Å². The summed E-state index contributed by atoms with van der Waals surface area (Å²) in [6, 6.07) is 2.70. The van der Waals surface area contributed by atoms with E-state index < -0.39 is 30.8 Å². The summed E-state index contributed by atoms with van der Waals surface area (Å²) >= 11 is 5.61. The molecular formula is C12H12ClF3N2O3. The highest BCUT2D eigenvalue weighted by molar-refractivity contribution is 6.30. The molecule has 0 saturated heterocycles. The number of alkyl carbamates (subject to hydrolysis) is 1. The first kappa shape index (κ1) is 17.1. The van der Waals surface area contributed by atoms with E-state index in [-0.39, 0.29) is 10.6 Å². The third-order valence-corrected chi connectivity index (χ3v) is 2.67. The van der Waals surface area contributed by atoms with Crippen LogP contribution in [0.3, 0.4) is 0 Å². The number of hydrogen-bond acceptors (Lipinski definition) is 3. The molecule has 2 amide bonds. The predicted octanol–water partition coefficient (Wildman–Crippen LogP) is 2.42. The average Bonchev–Trinajstić information content (AvgIpc) is 2.42. The minimum Gasteiger partial charge on any atom is -0.453 e. The Morgan fingerprint density at radius 1 is 1.29 bits per heavy atom. The monoisotopic (exact) mass is 324 g/mol. The van der Waals surface area contributed by atoms with Crippen molar-refractivity contribution in [2.24, 2.45) is 0 Å². The molecule has 116 valence electrons. The van der Waals surface area contributed by atoms with Crippen molar-refractivity contribution in [3.63, 3.8) is 0 Å². The number of benzene rings is 1. The topological polar surface area (TPSA) is 67.4 Å². The molecule has 0 aliphatic carbocycles. The van der Waals surface area contributed by atoms with Crippen LogP contribution in [0.1, 0.15) is 11.6 Å². The number of alkyl halides is 3. The number of hydrogen-bond donors (Lipinski definition) is 2. The summed E-state index contributed by atoms with van der Waals surface area (Å²) in [5.41, 5.74) is -0.168. The van der Waals surface area contributed by atoms with Crippen LogP contribution in [0, 0.1) is 0 Å².